The molecule has 1 aromatic heterocycles. The number of hydrogen-bond donors (Lipinski definition) is 1. The van der Waals surface area contributed by atoms with Gasteiger partial charge >= 0.3 is 0 Å². The molecule has 0 atom stereocenters. The van der Waals surface area contributed by atoms with E-state index in [2.05, 4.69) is 23.3 Å². The highest BCUT2D eigenvalue weighted by Crippen LogP contribution is 2.14. The number of rotatable bonds is 5. The van der Waals surface area contributed by atoms with Crippen molar-refractivity contribution in [2.24, 2.45) is 0 Å². The van der Waals surface area contributed by atoms with Crippen molar-refractivity contribution in [3.63, 3.8) is 0 Å². The highest BCUT2D eigenvalue weighted by Gasteiger charge is 2.04. The van der Waals surface area contributed by atoms with Gasteiger partial charge < -0.3 is 5.32 Å². The second kappa shape index (κ2) is 6.43. The van der Waals surface area contributed by atoms with Crippen LogP contribution in [0.3, 0.4) is 0 Å². The van der Waals surface area contributed by atoms with Crippen molar-refractivity contribution < 1.29 is 4.39 Å². The smallest absolute Gasteiger partial charge is 0.127 e. The normalized spacial score (nSPS) is 10.7. The molecular formula is C16H19FN2. The Bertz CT molecular complexity index is 535. The monoisotopic (exact) mass is 258 g/mol. The molecule has 0 unspecified atom stereocenters. The third kappa shape index (κ3) is 3.61. The molecular weight excluding hydrogens is 239 g/mol. The molecule has 1 N–H and O–H groups in total. The number of aryl methyl sites for hydroxylation is 1. The first-order valence-corrected chi connectivity index (χ1v) is 6.58. The molecule has 0 spiro atoms. The minimum absolute atomic E-state index is 0.160. The van der Waals surface area contributed by atoms with Crippen LogP contribution in [0.1, 0.15) is 29.3 Å². The van der Waals surface area contributed by atoms with Crippen LogP contribution in [0.15, 0.2) is 36.5 Å². The topological polar surface area (TPSA) is 24.9 Å². The summed E-state index contributed by atoms with van der Waals surface area (Å²) in [5.74, 6) is -0.160. The van der Waals surface area contributed by atoms with E-state index in [0.717, 1.165) is 24.1 Å². The van der Waals surface area contributed by atoms with Crippen molar-refractivity contribution in [1.82, 2.24) is 10.3 Å². The molecule has 1 heterocycles. The van der Waals surface area contributed by atoms with Crippen LogP contribution < -0.4 is 5.32 Å². The van der Waals surface area contributed by atoms with Crippen LogP contribution in [-0.2, 0) is 19.4 Å². The molecule has 0 aliphatic rings. The third-order valence-corrected chi connectivity index (χ3v) is 3.16. The quantitative estimate of drug-likeness (QED) is 0.891. The summed E-state index contributed by atoms with van der Waals surface area (Å²) in [5.41, 5.74) is 4.03. The summed E-state index contributed by atoms with van der Waals surface area (Å²) < 4.78 is 13.5. The summed E-state index contributed by atoms with van der Waals surface area (Å²) in [4.78, 5) is 4.43. The highest BCUT2D eigenvalue weighted by molar-refractivity contribution is 5.29. The van der Waals surface area contributed by atoms with Gasteiger partial charge in [0, 0.05) is 30.4 Å². The minimum Gasteiger partial charge on any atom is -0.316 e. The fraction of sp³-hybridized carbons (Fsp3) is 0.312. The lowest BCUT2D eigenvalue weighted by Crippen LogP contribution is -2.07. The van der Waals surface area contributed by atoms with Gasteiger partial charge in [0.15, 0.2) is 0 Å². The molecule has 19 heavy (non-hydrogen) atoms. The maximum absolute atomic E-state index is 13.5. The van der Waals surface area contributed by atoms with Crippen LogP contribution in [0, 0.1) is 5.82 Å². The minimum atomic E-state index is -0.160. The number of benzene rings is 1. The molecule has 0 fully saturated rings. The molecule has 0 bridgehead atoms. The molecule has 2 nitrogen and oxygen atoms in total. The van der Waals surface area contributed by atoms with Gasteiger partial charge in [0.2, 0.25) is 0 Å². The van der Waals surface area contributed by atoms with Gasteiger partial charge in [0.05, 0.1) is 0 Å². The second-order valence-corrected chi connectivity index (χ2v) is 4.64. The summed E-state index contributed by atoms with van der Waals surface area (Å²) in [5, 5.41) is 2.98. The van der Waals surface area contributed by atoms with E-state index in [1.807, 2.05) is 31.4 Å². The molecule has 0 saturated heterocycles. The van der Waals surface area contributed by atoms with E-state index < -0.39 is 0 Å². The first kappa shape index (κ1) is 13.7. The largest absolute Gasteiger partial charge is 0.316 e. The van der Waals surface area contributed by atoms with Gasteiger partial charge in [-0.25, -0.2) is 4.39 Å². The number of nitrogens with zero attached hydrogens (tertiary/aromatic N) is 1. The molecule has 0 saturated carbocycles. The van der Waals surface area contributed by atoms with Crippen molar-refractivity contribution in [3.8, 4) is 0 Å². The first-order chi connectivity index (χ1) is 9.22. The Morgan fingerprint density at radius 1 is 1.16 bits per heavy atom. The number of hydrogen-bond acceptors (Lipinski definition) is 2. The van der Waals surface area contributed by atoms with E-state index in [0.29, 0.717) is 12.1 Å². The Hall–Kier alpha value is -1.74. The SMILES string of the molecule is CCc1ccc(Cc2ccc(F)c(CNC)c2)nc1. The zero-order chi connectivity index (χ0) is 13.7. The zero-order valence-corrected chi connectivity index (χ0v) is 11.4. The van der Waals surface area contributed by atoms with Crippen LogP contribution in [0.2, 0.25) is 0 Å². The summed E-state index contributed by atoms with van der Waals surface area (Å²) in [6.45, 7) is 2.66. The molecule has 0 radical (unpaired) electrons. The Morgan fingerprint density at radius 3 is 2.58 bits per heavy atom. The molecule has 0 aliphatic heterocycles. The van der Waals surface area contributed by atoms with Gasteiger partial charge in [-0.1, -0.05) is 25.1 Å². The maximum atomic E-state index is 13.5. The predicted molar refractivity (Wildman–Crippen MR) is 75.6 cm³/mol. The Kier molecular flexibility index (Phi) is 4.63. The molecule has 3 heteroatoms. The summed E-state index contributed by atoms with van der Waals surface area (Å²) in [6.07, 6.45) is 3.64. The number of aromatic nitrogens is 1. The summed E-state index contributed by atoms with van der Waals surface area (Å²) >= 11 is 0. The van der Waals surface area contributed by atoms with Crippen molar-refractivity contribution in [2.75, 3.05) is 7.05 Å². The highest BCUT2D eigenvalue weighted by atomic mass is 19.1. The number of pyridine rings is 1. The van der Waals surface area contributed by atoms with Gasteiger partial charge in [0.1, 0.15) is 5.82 Å². The van der Waals surface area contributed by atoms with Crippen LogP contribution in [0.4, 0.5) is 4.39 Å². The van der Waals surface area contributed by atoms with Crippen LogP contribution in [-0.4, -0.2) is 12.0 Å². The lowest BCUT2D eigenvalue weighted by molar-refractivity contribution is 0.600. The summed E-state index contributed by atoms with van der Waals surface area (Å²) in [6, 6.07) is 9.40. The third-order valence-electron chi connectivity index (χ3n) is 3.16. The van der Waals surface area contributed by atoms with Crippen LogP contribution >= 0.6 is 0 Å². The lowest BCUT2D eigenvalue weighted by Gasteiger charge is -2.07. The molecule has 1 aromatic carbocycles. The van der Waals surface area contributed by atoms with Crippen LogP contribution in [0.25, 0.3) is 0 Å². The molecule has 2 aromatic rings. The van der Waals surface area contributed by atoms with E-state index in [-0.39, 0.29) is 5.82 Å². The maximum Gasteiger partial charge on any atom is 0.127 e. The number of halogens is 1. The summed E-state index contributed by atoms with van der Waals surface area (Å²) in [7, 11) is 1.82. The first-order valence-electron chi connectivity index (χ1n) is 6.58. The number of nitrogens with one attached hydrogen (secondary N) is 1. The molecule has 2 rings (SSSR count). The van der Waals surface area contributed by atoms with Crippen molar-refractivity contribution in [3.05, 3.63) is 64.7 Å². The van der Waals surface area contributed by atoms with Gasteiger partial charge in [0.25, 0.3) is 0 Å². The lowest BCUT2D eigenvalue weighted by atomic mass is 10.0. The fourth-order valence-corrected chi connectivity index (χ4v) is 2.04. The van der Waals surface area contributed by atoms with Gasteiger partial charge in [-0.15, -0.1) is 0 Å². The van der Waals surface area contributed by atoms with E-state index in [4.69, 9.17) is 0 Å². The Balaban J connectivity index is 2.15. The molecule has 0 amide bonds. The van der Waals surface area contributed by atoms with Crippen LogP contribution in [0.5, 0.6) is 0 Å². The van der Waals surface area contributed by atoms with E-state index >= 15 is 0 Å². The van der Waals surface area contributed by atoms with E-state index in [9.17, 15) is 4.39 Å². The van der Waals surface area contributed by atoms with Gasteiger partial charge in [-0.05, 0) is 36.7 Å². The van der Waals surface area contributed by atoms with Gasteiger partial charge in [-0.2, -0.15) is 0 Å². The Morgan fingerprint density at radius 2 is 1.95 bits per heavy atom. The Labute approximate surface area is 113 Å². The molecule has 0 aliphatic carbocycles. The average Bonchev–Trinajstić information content (AvgIpc) is 2.44. The molecule has 100 valence electrons. The fourth-order valence-electron chi connectivity index (χ4n) is 2.04. The predicted octanol–water partition coefficient (Wildman–Crippen LogP) is 3.09. The standard InChI is InChI=1S/C16H19FN2/c1-3-12-4-6-15(19-10-12)9-13-5-7-16(17)14(8-13)11-18-2/h4-8,10,18H,3,9,11H2,1-2H3. The van der Waals surface area contributed by atoms with Crippen molar-refractivity contribution >= 4 is 0 Å². The van der Waals surface area contributed by atoms with E-state index in [1.165, 1.54) is 11.6 Å². The average molecular weight is 258 g/mol. The van der Waals surface area contributed by atoms with Crippen molar-refractivity contribution in [2.45, 2.75) is 26.3 Å². The zero-order valence-electron chi connectivity index (χ0n) is 11.4. The van der Waals surface area contributed by atoms with E-state index in [1.54, 1.807) is 0 Å². The van der Waals surface area contributed by atoms with Gasteiger partial charge in [-0.3, -0.25) is 4.98 Å². The van der Waals surface area contributed by atoms with Crippen molar-refractivity contribution in [1.29, 1.82) is 0 Å². The second-order valence-electron chi connectivity index (χ2n) is 4.64.